The van der Waals surface area contributed by atoms with E-state index in [0.717, 1.165) is 18.5 Å². The molecule has 1 aliphatic heterocycles. The number of amides is 1. The third-order valence-corrected chi connectivity index (χ3v) is 3.42. The van der Waals surface area contributed by atoms with Crippen molar-refractivity contribution in [3.8, 4) is 0 Å². The number of aryl methyl sites for hydroxylation is 1. The van der Waals surface area contributed by atoms with Crippen LogP contribution in [0.2, 0.25) is 0 Å². The maximum absolute atomic E-state index is 12.1. The summed E-state index contributed by atoms with van der Waals surface area (Å²) < 4.78 is 0. The van der Waals surface area contributed by atoms with E-state index in [2.05, 4.69) is 10.6 Å². The molecule has 0 aliphatic carbocycles. The SMILES string of the molecule is Cc1ccc([N+](=O)[O-])c(NC(=O)C2NCCC2C)c1. The highest BCUT2D eigenvalue weighted by Gasteiger charge is 2.30. The summed E-state index contributed by atoms with van der Waals surface area (Å²) in [5.41, 5.74) is 1.05. The third-order valence-electron chi connectivity index (χ3n) is 3.42. The summed E-state index contributed by atoms with van der Waals surface area (Å²) in [6.07, 6.45) is 0.938. The highest BCUT2D eigenvalue weighted by molar-refractivity contribution is 5.97. The van der Waals surface area contributed by atoms with Crippen LogP contribution in [-0.4, -0.2) is 23.4 Å². The number of carbonyl (C=O) groups is 1. The predicted molar refractivity (Wildman–Crippen MR) is 72.0 cm³/mol. The van der Waals surface area contributed by atoms with Gasteiger partial charge in [0.2, 0.25) is 5.91 Å². The molecule has 6 heteroatoms. The van der Waals surface area contributed by atoms with Gasteiger partial charge in [0.1, 0.15) is 5.69 Å². The van der Waals surface area contributed by atoms with Gasteiger partial charge < -0.3 is 10.6 Å². The molecule has 2 N–H and O–H groups in total. The zero-order valence-corrected chi connectivity index (χ0v) is 11.0. The molecule has 1 amide bonds. The largest absolute Gasteiger partial charge is 0.319 e. The standard InChI is InChI=1S/C13H17N3O3/c1-8-3-4-11(16(18)19)10(7-8)15-13(17)12-9(2)5-6-14-12/h3-4,7,9,12,14H,5-6H2,1-2H3,(H,15,17). The molecule has 102 valence electrons. The minimum atomic E-state index is -0.486. The second kappa shape index (κ2) is 5.36. The Morgan fingerprint density at radius 3 is 2.84 bits per heavy atom. The van der Waals surface area contributed by atoms with Crippen molar-refractivity contribution in [2.24, 2.45) is 5.92 Å². The Hall–Kier alpha value is -1.95. The van der Waals surface area contributed by atoms with Crippen LogP contribution in [0.15, 0.2) is 18.2 Å². The van der Waals surface area contributed by atoms with E-state index >= 15 is 0 Å². The molecule has 6 nitrogen and oxygen atoms in total. The van der Waals surface area contributed by atoms with Gasteiger partial charge in [-0.05, 0) is 37.4 Å². The average Bonchev–Trinajstić information content (AvgIpc) is 2.75. The number of carbonyl (C=O) groups excluding carboxylic acids is 1. The Kier molecular flexibility index (Phi) is 3.80. The van der Waals surface area contributed by atoms with E-state index in [1.54, 1.807) is 12.1 Å². The molecule has 1 fully saturated rings. The number of hydrogen-bond acceptors (Lipinski definition) is 4. The summed E-state index contributed by atoms with van der Waals surface area (Å²) in [5, 5.41) is 16.7. The van der Waals surface area contributed by atoms with Gasteiger partial charge in [-0.3, -0.25) is 14.9 Å². The Labute approximate surface area is 111 Å². The molecule has 1 aliphatic rings. The zero-order valence-electron chi connectivity index (χ0n) is 11.0. The van der Waals surface area contributed by atoms with Crippen LogP contribution in [0.4, 0.5) is 11.4 Å². The Balaban J connectivity index is 2.20. The number of rotatable bonds is 3. The van der Waals surface area contributed by atoms with Crippen molar-refractivity contribution in [3.05, 3.63) is 33.9 Å². The van der Waals surface area contributed by atoms with Crippen molar-refractivity contribution < 1.29 is 9.72 Å². The van der Waals surface area contributed by atoms with Gasteiger partial charge in [-0.1, -0.05) is 13.0 Å². The van der Waals surface area contributed by atoms with E-state index < -0.39 is 4.92 Å². The number of nitro benzene ring substituents is 1. The highest BCUT2D eigenvalue weighted by Crippen LogP contribution is 2.26. The zero-order chi connectivity index (χ0) is 14.0. The summed E-state index contributed by atoms with van der Waals surface area (Å²) in [4.78, 5) is 22.6. The van der Waals surface area contributed by atoms with Gasteiger partial charge in [0.05, 0.1) is 11.0 Å². The molecule has 0 aromatic heterocycles. The van der Waals surface area contributed by atoms with Gasteiger partial charge in [-0.25, -0.2) is 0 Å². The van der Waals surface area contributed by atoms with Crippen LogP contribution < -0.4 is 10.6 Å². The third kappa shape index (κ3) is 2.90. The number of nitrogens with one attached hydrogen (secondary N) is 2. The van der Waals surface area contributed by atoms with Gasteiger partial charge in [-0.2, -0.15) is 0 Å². The fourth-order valence-electron chi connectivity index (χ4n) is 2.31. The molecule has 0 radical (unpaired) electrons. The number of nitro groups is 1. The van der Waals surface area contributed by atoms with Crippen molar-refractivity contribution in [3.63, 3.8) is 0 Å². The molecule has 1 aromatic carbocycles. The van der Waals surface area contributed by atoms with Crippen LogP contribution >= 0.6 is 0 Å². The lowest BCUT2D eigenvalue weighted by Gasteiger charge is -2.15. The maximum Gasteiger partial charge on any atom is 0.292 e. The monoisotopic (exact) mass is 263 g/mol. The van der Waals surface area contributed by atoms with Gasteiger partial charge in [0.25, 0.3) is 5.69 Å². The summed E-state index contributed by atoms with van der Waals surface area (Å²) in [7, 11) is 0. The molecule has 1 saturated heterocycles. The molecule has 0 bridgehead atoms. The first kappa shape index (κ1) is 13.5. The fraction of sp³-hybridized carbons (Fsp3) is 0.462. The number of nitrogens with zero attached hydrogens (tertiary/aromatic N) is 1. The lowest BCUT2D eigenvalue weighted by atomic mass is 10.0. The lowest BCUT2D eigenvalue weighted by Crippen LogP contribution is -2.39. The summed E-state index contributed by atoms with van der Waals surface area (Å²) in [6.45, 7) is 4.62. The van der Waals surface area contributed by atoms with E-state index in [9.17, 15) is 14.9 Å². The van der Waals surface area contributed by atoms with Crippen LogP contribution in [-0.2, 0) is 4.79 Å². The van der Waals surface area contributed by atoms with Gasteiger partial charge in [-0.15, -0.1) is 0 Å². The molecule has 1 heterocycles. The van der Waals surface area contributed by atoms with E-state index in [-0.39, 0.29) is 29.2 Å². The molecule has 2 rings (SSSR count). The van der Waals surface area contributed by atoms with E-state index in [1.165, 1.54) is 6.07 Å². The van der Waals surface area contributed by atoms with Crippen LogP contribution in [0.25, 0.3) is 0 Å². The lowest BCUT2D eigenvalue weighted by molar-refractivity contribution is -0.383. The van der Waals surface area contributed by atoms with E-state index in [1.807, 2.05) is 13.8 Å². The van der Waals surface area contributed by atoms with Gasteiger partial charge in [0, 0.05) is 6.07 Å². The minimum absolute atomic E-state index is 0.0791. The second-order valence-electron chi connectivity index (χ2n) is 4.96. The van der Waals surface area contributed by atoms with Gasteiger partial charge in [0.15, 0.2) is 0 Å². The van der Waals surface area contributed by atoms with E-state index in [4.69, 9.17) is 0 Å². The van der Waals surface area contributed by atoms with Crippen molar-refractivity contribution in [1.82, 2.24) is 5.32 Å². The van der Waals surface area contributed by atoms with Crippen molar-refractivity contribution >= 4 is 17.3 Å². The highest BCUT2D eigenvalue weighted by atomic mass is 16.6. The molecule has 19 heavy (non-hydrogen) atoms. The first-order valence-electron chi connectivity index (χ1n) is 6.28. The molecule has 2 unspecified atom stereocenters. The number of benzene rings is 1. The van der Waals surface area contributed by atoms with Crippen molar-refractivity contribution in [2.75, 3.05) is 11.9 Å². The smallest absolute Gasteiger partial charge is 0.292 e. The van der Waals surface area contributed by atoms with Crippen LogP contribution in [0.5, 0.6) is 0 Å². The Morgan fingerprint density at radius 2 is 2.26 bits per heavy atom. The second-order valence-corrected chi connectivity index (χ2v) is 4.96. The van der Waals surface area contributed by atoms with Crippen LogP contribution in [0, 0.1) is 23.0 Å². The van der Waals surface area contributed by atoms with E-state index in [0.29, 0.717) is 0 Å². The maximum atomic E-state index is 12.1. The van der Waals surface area contributed by atoms with Crippen LogP contribution in [0.3, 0.4) is 0 Å². The molecular weight excluding hydrogens is 246 g/mol. The topological polar surface area (TPSA) is 84.3 Å². The molecule has 1 aromatic rings. The minimum Gasteiger partial charge on any atom is -0.319 e. The Bertz CT molecular complexity index is 516. The number of hydrogen-bond donors (Lipinski definition) is 2. The quantitative estimate of drug-likeness (QED) is 0.643. The molecule has 2 atom stereocenters. The first-order chi connectivity index (χ1) is 8.99. The molecular formula is C13H17N3O3. The van der Waals surface area contributed by atoms with Crippen molar-refractivity contribution in [1.29, 1.82) is 0 Å². The summed E-state index contributed by atoms with van der Waals surface area (Å²) in [6, 6.07) is 4.41. The first-order valence-corrected chi connectivity index (χ1v) is 6.28. The average molecular weight is 263 g/mol. The van der Waals surface area contributed by atoms with Crippen molar-refractivity contribution in [2.45, 2.75) is 26.3 Å². The summed E-state index contributed by atoms with van der Waals surface area (Å²) >= 11 is 0. The fourth-order valence-corrected chi connectivity index (χ4v) is 2.31. The van der Waals surface area contributed by atoms with Gasteiger partial charge >= 0.3 is 0 Å². The van der Waals surface area contributed by atoms with Crippen LogP contribution in [0.1, 0.15) is 18.9 Å². The number of anilines is 1. The molecule has 0 saturated carbocycles. The molecule has 0 spiro atoms. The Morgan fingerprint density at radius 1 is 1.53 bits per heavy atom. The summed E-state index contributed by atoms with van der Waals surface area (Å²) in [5.74, 6) is 0.0302. The normalized spacial score (nSPS) is 22.2. The predicted octanol–water partition coefficient (Wildman–Crippen LogP) is 1.84.